The van der Waals surface area contributed by atoms with Crippen LogP contribution in [-0.2, 0) is 20.4 Å². The highest BCUT2D eigenvalue weighted by atomic mass is 19.4. The summed E-state index contributed by atoms with van der Waals surface area (Å²) in [5.41, 5.74) is -0.789. The quantitative estimate of drug-likeness (QED) is 0.747. The summed E-state index contributed by atoms with van der Waals surface area (Å²) in [6.07, 6.45) is -5.83. The third kappa shape index (κ3) is 4.69. The van der Waals surface area contributed by atoms with Crippen molar-refractivity contribution in [1.29, 1.82) is 0 Å². The number of ether oxygens (including phenoxy) is 2. The molecule has 1 amide bonds. The summed E-state index contributed by atoms with van der Waals surface area (Å²) in [5, 5.41) is 0. The van der Waals surface area contributed by atoms with Gasteiger partial charge < -0.3 is 14.4 Å². The van der Waals surface area contributed by atoms with E-state index in [4.69, 9.17) is 9.47 Å². The fourth-order valence-corrected chi connectivity index (χ4v) is 2.84. The molecule has 1 aliphatic heterocycles. The monoisotopic (exact) mass is 393 g/mol. The van der Waals surface area contributed by atoms with Gasteiger partial charge in [0.15, 0.2) is 0 Å². The largest absolute Gasteiger partial charge is 0.444 e. The zero-order valence-corrected chi connectivity index (χ0v) is 14.8. The molecule has 148 valence electrons. The third-order valence-electron chi connectivity index (χ3n) is 4.30. The number of carbonyl (C=O) groups excluding carboxylic acids is 2. The van der Waals surface area contributed by atoms with E-state index in [0.29, 0.717) is 37.9 Å². The Labute approximate surface area is 159 Å². The molecule has 1 aliphatic rings. The van der Waals surface area contributed by atoms with E-state index in [9.17, 15) is 22.8 Å². The molecule has 0 saturated carbocycles. The number of benzene rings is 2. The van der Waals surface area contributed by atoms with Gasteiger partial charge in [0.1, 0.15) is 0 Å². The Bertz CT molecular complexity index is 833. The van der Waals surface area contributed by atoms with E-state index >= 15 is 0 Å². The highest BCUT2D eigenvalue weighted by Gasteiger charge is 2.33. The second-order valence-electron chi connectivity index (χ2n) is 6.21. The van der Waals surface area contributed by atoms with Crippen LogP contribution in [0.5, 0.6) is 0 Å². The van der Waals surface area contributed by atoms with Gasteiger partial charge >= 0.3 is 12.1 Å². The zero-order valence-electron chi connectivity index (χ0n) is 14.8. The van der Waals surface area contributed by atoms with Gasteiger partial charge in [0, 0.05) is 18.7 Å². The molecule has 1 heterocycles. The fourth-order valence-electron chi connectivity index (χ4n) is 2.84. The van der Waals surface area contributed by atoms with Gasteiger partial charge in [-0.25, -0.2) is 4.79 Å². The smallest absolute Gasteiger partial charge is 0.416 e. The number of amides is 1. The summed E-state index contributed by atoms with van der Waals surface area (Å²) in [5.74, 6) is -1.43. The van der Waals surface area contributed by atoms with Crippen LogP contribution in [0.15, 0.2) is 54.6 Å². The van der Waals surface area contributed by atoms with Crippen LogP contribution >= 0.6 is 0 Å². The molecule has 0 unspecified atom stereocenters. The molecule has 0 aliphatic carbocycles. The van der Waals surface area contributed by atoms with E-state index in [1.807, 2.05) is 0 Å². The highest BCUT2D eigenvalue weighted by molar-refractivity contribution is 5.93. The maximum absolute atomic E-state index is 12.9. The first-order chi connectivity index (χ1) is 13.4. The van der Waals surface area contributed by atoms with Crippen LogP contribution < -0.4 is 0 Å². The van der Waals surface area contributed by atoms with Crippen molar-refractivity contribution in [2.45, 2.75) is 12.3 Å². The van der Waals surface area contributed by atoms with Crippen LogP contribution in [0.1, 0.15) is 27.6 Å². The Balaban J connectivity index is 1.85. The fraction of sp³-hybridized carbons (Fsp3) is 0.300. The number of halogens is 3. The molecule has 1 atom stereocenters. The number of carbonyl (C=O) groups is 2. The molecule has 5 nitrogen and oxygen atoms in total. The Kier molecular flexibility index (Phi) is 5.99. The van der Waals surface area contributed by atoms with Gasteiger partial charge in [-0.05, 0) is 18.2 Å². The van der Waals surface area contributed by atoms with Crippen LogP contribution in [0.3, 0.4) is 0 Å². The van der Waals surface area contributed by atoms with E-state index in [1.165, 1.54) is 11.0 Å². The minimum atomic E-state index is -4.58. The lowest BCUT2D eigenvalue weighted by Gasteiger charge is -2.30. The zero-order chi connectivity index (χ0) is 20.1. The lowest BCUT2D eigenvalue weighted by Crippen LogP contribution is -2.44. The summed E-state index contributed by atoms with van der Waals surface area (Å²) >= 11 is 0. The number of rotatable bonds is 4. The maximum Gasteiger partial charge on any atom is 0.416 e. The van der Waals surface area contributed by atoms with Gasteiger partial charge in [-0.3, -0.25) is 4.79 Å². The van der Waals surface area contributed by atoms with E-state index in [-0.39, 0.29) is 5.56 Å². The van der Waals surface area contributed by atoms with E-state index < -0.39 is 29.7 Å². The van der Waals surface area contributed by atoms with Crippen molar-refractivity contribution < 1.29 is 32.2 Å². The predicted octanol–water partition coefficient (Wildman–Crippen LogP) is 3.46. The normalized spacial score (nSPS) is 15.8. The van der Waals surface area contributed by atoms with Crippen molar-refractivity contribution in [3.63, 3.8) is 0 Å². The Morgan fingerprint density at radius 1 is 1.00 bits per heavy atom. The predicted molar refractivity (Wildman–Crippen MR) is 93.4 cm³/mol. The first-order valence-corrected chi connectivity index (χ1v) is 8.66. The molecule has 2 aromatic carbocycles. The van der Waals surface area contributed by atoms with Gasteiger partial charge in [-0.15, -0.1) is 0 Å². The molecule has 0 N–H and O–H groups in total. The van der Waals surface area contributed by atoms with E-state index in [1.54, 1.807) is 30.3 Å². The number of morpholine rings is 1. The standard InChI is InChI=1S/C20H18F3NO4/c21-20(22,23)16-8-4-7-15(13-16)19(26)28-17(14-5-2-1-3-6-14)18(25)24-9-11-27-12-10-24/h1-8,13,17H,9-12H2/t17-/m0/s1. The first kappa shape index (κ1) is 19.9. The number of esters is 1. The molecule has 0 spiro atoms. The average Bonchev–Trinajstić information content (AvgIpc) is 2.72. The Hall–Kier alpha value is -2.87. The molecule has 0 aromatic heterocycles. The summed E-state index contributed by atoms with van der Waals surface area (Å²) in [6, 6.07) is 12.3. The molecule has 3 rings (SSSR count). The molecule has 1 fully saturated rings. The number of hydrogen-bond acceptors (Lipinski definition) is 4. The Morgan fingerprint density at radius 3 is 2.32 bits per heavy atom. The van der Waals surface area contributed by atoms with Gasteiger partial charge in [-0.2, -0.15) is 13.2 Å². The van der Waals surface area contributed by atoms with Gasteiger partial charge in [-0.1, -0.05) is 36.4 Å². The van der Waals surface area contributed by atoms with Crippen molar-refractivity contribution in [3.05, 3.63) is 71.3 Å². The van der Waals surface area contributed by atoms with Crippen molar-refractivity contribution in [2.24, 2.45) is 0 Å². The van der Waals surface area contributed by atoms with Crippen LogP contribution in [0, 0.1) is 0 Å². The topological polar surface area (TPSA) is 55.8 Å². The van der Waals surface area contributed by atoms with Crippen molar-refractivity contribution in [2.75, 3.05) is 26.3 Å². The molecule has 2 aromatic rings. The maximum atomic E-state index is 12.9. The summed E-state index contributed by atoms with van der Waals surface area (Å²) in [6.45, 7) is 1.44. The highest BCUT2D eigenvalue weighted by Crippen LogP contribution is 2.30. The minimum absolute atomic E-state index is 0.273. The van der Waals surface area contributed by atoms with Crippen molar-refractivity contribution in [3.8, 4) is 0 Å². The van der Waals surface area contributed by atoms with Crippen LogP contribution in [0.4, 0.5) is 13.2 Å². The van der Waals surface area contributed by atoms with E-state index in [2.05, 4.69) is 0 Å². The second-order valence-corrected chi connectivity index (χ2v) is 6.21. The molecule has 28 heavy (non-hydrogen) atoms. The SMILES string of the molecule is O=C(O[C@H](C(=O)N1CCOCC1)c1ccccc1)c1cccc(C(F)(F)F)c1. The number of nitrogens with zero attached hydrogens (tertiary/aromatic N) is 1. The van der Waals surface area contributed by atoms with E-state index in [0.717, 1.165) is 12.1 Å². The molecule has 0 bridgehead atoms. The second kappa shape index (κ2) is 8.43. The first-order valence-electron chi connectivity index (χ1n) is 8.66. The summed E-state index contributed by atoms with van der Waals surface area (Å²) in [4.78, 5) is 26.9. The Morgan fingerprint density at radius 2 is 1.68 bits per heavy atom. The summed E-state index contributed by atoms with van der Waals surface area (Å²) in [7, 11) is 0. The van der Waals surface area contributed by atoms with Crippen molar-refractivity contribution in [1.82, 2.24) is 4.90 Å². The molecule has 0 radical (unpaired) electrons. The van der Waals surface area contributed by atoms with Gasteiger partial charge in [0.2, 0.25) is 6.10 Å². The molecule has 1 saturated heterocycles. The van der Waals surface area contributed by atoms with Gasteiger partial charge in [0.25, 0.3) is 5.91 Å². The third-order valence-corrected chi connectivity index (χ3v) is 4.30. The molecular weight excluding hydrogens is 375 g/mol. The van der Waals surface area contributed by atoms with Gasteiger partial charge in [0.05, 0.1) is 24.3 Å². The lowest BCUT2D eigenvalue weighted by molar-refractivity contribution is -0.145. The lowest BCUT2D eigenvalue weighted by atomic mass is 10.1. The summed E-state index contributed by atoms with van der Waals surface area (Å²) < 4.78 is 49.3. The number of hydrogen-bond donors (Lipinski definition) is 0. The van der Waals surface area contributed by atoms with Crippen molar-refractivity contribution >= 4 is 11.9 Å². The number of alkyl halides is 3. The molecular formula is C20H18F3NO4. The molecule has 8 heteroatoms. The van der Waals surface area contributed by atoms with Crippen LogP contribution in [-0.4, -0.2) is 43.1 Å². The minimum Gasteiger partial charge on any atom is -0.444 e. The average molecular weight is 393 g/mol. The van der Waals surface area contributed by atoms with Crippen LogP contribution in [0.2, 0.25) is 0 Å². The van der Waals surface area contributed by atoms with Crippen LogP contribution in [0.25, 0.3) is 0 Å².